The second kappa shape index (κ2) is 7.58. The number of benzene rings is 1. The van der Waals surface area contributed by atoms with Gasteiger partial charge in [0.1, 0.15) is 12.1 Å². The van der Waals surface area contributed by atoms with Crippen molar-refractivity contribution in [3.63, 3.8) is 0 Å². The molecule has 0 amide bonds. The van der Waals surface area contributed by atoms with Crippen molar-refractivity contribution in [3.05, 3.63) is 53.0 Å². The van der Waals surface area contributed by atoms with E-state index in [1.807, 2.05) is 18.3 Å². The van der Waals surface area contributed by atoms with E-state index in [1.54, 1.807) is 6.33 Å². The Balaban J connectivity index is 1.45. The first-order valence-electron chi connectivity index (χ1n) is 9.09. The highest BCUT2D eigenvalue weighted by molar-refractivity contribution is 9.10. The van der Waals surface area contributed by atoms with Crippen LogP contribution >= 0.6 is 15.9 Å². The van der Waals surface area contributed by atoms with Gasteiger partial charge in [0.05, 0.1) is 5.52 Å². The molecule has 2 aromatic heterocycles. The average molecular weight is 412 g/mol. The summed E-state index contributed by atoms with van der Waals surface area (Å²) in [5, 5.41) is 4.89. The Morgan fingerprint density at radius 1 is 1.12 bits per heavy atom. The van der Waals surface area contributed by atoms with E-state index in [2.05, 4.69) is 66.2 Å². The van der Waals surface area contributed by atoms with Gasteiger partial charge in [0.2, 0.25) is 0 Å². The largest absolute Gasteiger partial charge is 0.382 e. The Hall–Kier alpha value is -2.21. The summed E-state index contributed by atoms with van der Waals surface area (Å²) >= 11 is 3.56. The van der Waals surface area contributed by atoms with Gasteiger partial charge >= 0.3 is 0 Å². The van der Waals surface area contributed by atoms with Crippen molar-refractivity contribution in [1.82, 2.24) is 15.0 Å². The Labute approximate surface area is 162 Å². The molecule has 0 atom stereocenters. The highest BCUT2D eigenvalue weighted by Crippen LogP contribution is 2.27. The van der Waals surface area contributed by atoms with Crippen LogP contribution in [0.5, 0.6) is 0 Å². The Kier molecular flexibility index (Phi) is 5.02. The van der Waals surface area contributed by atoms with Crippen LogP contribution in [-0.2, 0) is 6.42 Å². The maximum Gasteiger partial charge on any atom is 0.132 e. The van der Waals surface area contributed by atoms with E-state index in [4.69, 9.17) is 0 Å². The lowest BCUT2D eigenvalue weighted by Crippen LogP contribution is -2.39. The van der Waals surface area contributed by atoms with Gasteiger partial charge in [0, 0.05) is 52.6 Å². The second-order valence-electron chi connectivity index (χ2n) is 6.65. The number of aryl methyl sites for hydroxylation is 1. The normalized spacial score (nSPS) is 15.4. The Bertz CT molecular complexity index is 906. The fraction of sp³-hybridized carbons (Fsp3) is 0.350. The summed E-state index contributed by atoms with van der Waals surface area (Å²) in [6.07, 6.45) is 6.67. The topological polar surface area (TPSA) is 53.9 Å². The van der Waals surface area contributed by atoms with Gasteiger partial charge in [-0.1, -0.05) is 22.9 Å². The molecule has 0 radical (unpaired) electrons. The minimum Gasteiger partial charge on any atom is -0.382 e. The van der Waals surface area contributed by atoms with Crippen molar-refractivity contribution in [1.29, 1.82) is 0 Å². The molecule has 1 aliphatic heterocycles. The minimum absolute atomic E-state index is 0.461. The first-order valence-corrected chi connectivity index (χ1v) is 9.89. The highest BCUT2D eigenvalue weighted by Gasteiger charge is 2.21. The van der Waals surface area contributed by atoms with Gasteiger partial charge < -0.3 is 10.2 Å². The van der Waals surface area contributed by atoms with Crippen LogP contribution in [0.2, 0.25) is 0 Å². The first-order chi connectivity index (χ1) is 12.7. The van der Waals surface area contributed by atoms with Gasteiger partial charge in [-0.05, 0) is 43.5 Å². The van der Waals surface area contributed by atoms with E-state index in [0.29, 0.717) is 6.04 Å². The molecule has 1 N–H and O–H groups in total. The molecule has 0 spiro atoms. The number of rotatable bonds is 4. The molecule has 4 rings (SSSR count). The minimum atomic E-state index is 0.461. The van der Waals surface area contributed by atoms with Crippen molar-refractivity contribution in [3.8, 4) is 0 Å². The number of halogens is 1. The molecule has 1 aliphatic rings. The van der Waals surface area contributed by atoms with E-state index in [9.17, 15) is 0 Å². The summed E-state index contributed by atoms with van der Waals surface area (Å²) in [4.78, 5) is 15.6. The lowest BCUT2D eigenvalue weighted by molar-refractivity contribution is 0.523. The third kappa shape index (κ3) is 3.65. The number of fused-ring (bicyclic) bond motifs is 1. The zero-order valence-corrected chi connectivity index (χ0v) is 16.4. The van der Waals surface area contributed by atoms with E-state index < -0.39 is 0 Å². The predicted octanol–water partition coefficient (Wildman–Crippen LogP) is 4.43. The van der Waals surface area contributed by atoms with Gasteiger partial charge in [-0.2, -0.15) is 0 Å². The van der Waals surface area contributed by atoms with Gasteiger partial charge in [-0.15, -0.1) is 0 Å². The number of nitrogens with one attached hydrogen (secondary N) is 1. The zero-order chi connectivity index (χ0) is 17.9. The highest BCUT2D eigenvalue weighted by atomic mass is 79.9. The van der Waals surface area contributed by atoms with Crippen LogP contribution in [0.25, 0.3) is 10.9 Å². The average Bonchev–Trinajstić information content (AvgIpc) is 2.69. The summed E-state index contributed by atoms with van der Waals surface area (Å²) < 4.78 is 1.08. The molecule has 5 nitrogen and oxygen atoms in total. The summed E-state index contributed by atoms with van der Waals surface area (Å²) in [6.45, 7) is 4.13. The molecule has 0 aliphatic carbocycles. The summed E-state index contributed by atoms with van der Waals surface area (Å²) in [5.74, 6) is 1.05. The molecular weight excluding hydrogens is 390 g/mol. The third-order valence-electron chi connectivity index (χ3n) is 4.95. The van der Waals surface area contributed by atoms with E-state index in [-0.39, 0.29) is 0 Å². The van der Waals surface area contributed by atoms with Gasteiger partial charge in [-0.3, -0.25) is 4.98 Å². The number of anilines is 2. The lowest BCUT2D eigenvalue weighted by Gasteiger charge is -2.33. The molecular formula is C20H22BrN5. The number of hydrogen-bond donors (Lipinski definition) is 1. The first kappa shape index (κ1) is 17.2. The molecule has 0 saturated carbocycles. The van der Waals surface area contributed by atoms with Crippen LogP contribution in [-0.4, -0.2) is 34.1 Å². The SMILES string of the molecule is CCc1cc(N2CCC(Nc3ccnc4ccc(Br)cc34)CC2)ncn1. The second-order valence-corrected chi connectivity index (χ2v) is 7.56. The molecule has 134 valence electrons. The maximum atomic E-state index is 4.46. The summed E-state index contributed by atoms with van der Waals surface area (Å²) in [7, 11) is 0. The quantitative estimate of drug-likeness (QED) is 0.687. The van der Waals surface area contributed by atoms with Crippen LogP contribution in [0.3, 0.4) is 0 Å². The molecule has 3 aromatic rings. The van der Waals surface area contributed by atoms with Gasteiger partial charge in [0.25, 0.3) is 0 Å². The van der Waals surface area contributed by atoms with Crippen LogP contribution in [0.1, 0.15) is 25.5 Å². The fourth-order valence-corrected chi connectivity index (χ4v) is 3.83. The molecule has 26 heavy (non-hydrogen) atoms. The Morgan fingerprint density at radius 3 is 2.77 bits per heavy atom. The summed E-state index contributed by atoms with van der Waals surface area (Å²) in [5.41, 5.74) is 3.28. The number of pyridine rings is 1. The third-order valence-corrected chi connectivity index (χ3v) is 5.45. The number of aromatic nitrogens is 3. The van der Waals surface area contributed by atoms with E-state index in [0.717, 1.165) is 64.9 Å². The number of nitrogens with zero attached hydrogens (tertiary/aromatic N) is 4. The smallest absolute Gasteiger partial charge is 0.132 e. The molecule has 1 fully saturated rings. The van der Waals surface area contributed by atoms with Crippen molar-refractivity contribution in [2.75, 3.05) is 23.3 Å². The Morgan fingerprint density at radius 2 is 1.96 bits per heavy atom. The fourth-order valence-electron chi connectivity index (χ4n) is 3.47. The molecule has 6 heteroatoms. The molecule has 1 aromatic carbocycles. The molecule has 1 saturated heterocycles. The zero-order valence-electron chi connectivity index (χ0n) is 14.8. The predicted molar refractivity (Wildman–Crippen MR) is 110 cm³/mol. The molecule has 0 unspecified atom stereocenters. The monoisotopic (exact) mass is 411 g/mol. The van der Waals surface area contributed by atoms with Crippen molar-refractivity contribution in [2.24, 2.45) is 0 Å². The van der Waals surface area contributed by atoms with Crippen molar-refractivity contribution < 1.29 is 0 Å². The van der Waals surface area contributed by atoms with Gasteiger partial charge in [0.15, 0.2) is 0 Å². The summed E-state index contributed by atoms with van der Waals surface area (Å²) in [6, 6.07) is 10.9. The van der Waals surface area contributed by atoms with Crippen LogP contribution in [0.4, 0.5) is 11.5 Å². The molecule has 3 heterocycles. The number of piperidine rings is 1. The van der Waals surface area contributed by atoms with Gasteiger partial charge in [-0.25, -0.2) is 9.97 Å². The van der Waals surface area contributed by atoms with Crippen LogP contribution in [0, 0.1) is 0 Å². The maximum absolute atomic E-state index is 4.46. The standard InChI is InChI=1S/C20H22BrN5/c1-2-15-12-20(24-13-23-15)26-9-6-16(7-10-26)25-19-5-8-22-18-4-3-14(21)11-17(18)19/h3-5,8,11-13,16H,2,6-7,9-10H2,1H3,(H,22,25). The van der Waals surface area contributed by atoms with E-state index >= 15 is 0 Å². The number of hydrogen-bond acceptors (Lipinski definition) is 5. The molecule has 0 bridgehead atoms. The van der Waals surface area contributed by atoms with E-state index in [1.165, 1.54) is 0 Å². The van der Waals surface area contributed by atoms with Crippen molar-refractivity contribution >= 4 is 38.3 Å². The van der Waals surface area contributed by atoms with Crippen molar-refractivity contribution in [2.45, 2.75) is 32.2 Å². The van der Waals surface area contributed by atoms with Crippen LogP contribution in [0.15, 0.2) is 47.3 Å². The lowest BCUT2D eigenvalue weighted by atomic mass is 10.0. The van der Waals surface area contributed by atoms with Crippen LogP contribution < -0.4 is 10.2 Å².